The minimum atomic E-state index is -1.44. The van der Waals surface area contributed by atoms with Gasteiger partial charge in [-0.05, 0) is 18.6 Å². The third kappa shape index (κ3) is 1.64. The van der Waals surface area contributed by atoms with Crippen LogP contribution < -0.4 is 0 Å². The summed E-state index contributed by atoms with van der Waals surface area (Å²) in [4.78, 5) is 10.5. The average molecular weight is 198 g/mol. The molecule has 0 atom stereocenters. The van der Waals surface area contributed by atoms with E-state index < -0.39 is 28.7 Å². The molecule has 0 aliphatic heterocycles. The van der Waals surface area contributed by atoms with E-state index >= 15 is 0 Å². The van der Waals surface area contributed by atoms with E-state index in [9.17, 15) is 13.6 Å². The summed E-state index contributed by atoms with van der Waals surface area (Å²) in [6, 6.07) is 2.26. The van der Waals surface area contributed by atoms with Crippen molar-refractivity contribution < 1.29 is 18.7 Å². The highest BCUT2D eigenvalue weighted by Gasteiger charge is 2.18. The third-order valence-electron chi connectivity index (χ3n) is 1.84. The van der Waals surface area contributed by atoms with Gasteiger partial charge in [-0.2, -0.15) is 0 Å². The van der Waals surface area contributed by atoms with E-state index in [4.69, 9.17) is 5.11 Å². The molecule has 2 nitrogen and oxygen atoms in total. The van der Waals surface area contributed by atoms with Crippen LogP contribution in [0.3, 0.4) is 0 Å². The van der Waals surface area contributed by atoms with Gasteiger partial charge in [0.25, 0.3) is 0 Å². The van der Waals surface area contributed by atoms with E-state index in [1.54, 1.807) is 0 Å². The van der Waals surface area contributed by atoms with Gasteiger partial charge in [-0.3, -0.25) is 0 Å². The van der Waals surface area contributed by atoms with Gasteiger partial charge < -0.3 is 5.11 Å². The largest absolute Gasteiger partial charge is 0.478 e. The number of halogens is 2. The summed E-state index contributed by atoms with van der Waals surface area (Å²) in [5.74, 6) is -3.23. The summed E-state index contributed by atoms with van der Waals surface area (Å²) < 4.78 is 26.4. The van der Waals surface area contributed by atoms with Crippen LogP contribution in [0.5, 0.6) is 0 Å². The molecule has 74 valence electrons. The van der Waals surface area contributed by atoms with Crippen molar-refractivity contribution in [2.24, 2.45) is 0 Å². The lowest BCUT2D eigenvalue weighted by Gasteiger charge is -2.06. The van der Waals surface area contributed by atoms with Gasteiger partial charge in [-0.15, -0.1) is 0 Å². The minimum Gasteiger partial charge on any atom is -0.478 e. The molecule has 0 amide bonds. The molecule has 1 N–H and O–H groups in total. The highest BCUT2D eigenvalue weighted by Crippen LogP contribution is 2.22. The number of aryl methyl sites for hydroxylation is 1. The van der Waals surface area contributed by atoms with Gasteiger partial charge in [0.2, 0.25) is 0 Å². The summed E-state index contributed by atoms with van der Waals surface area (Å²) >= 11 is 0. The predicted molar refractivity (Wildman–Crippen MR) is 47.8 cm³/mol. The molecular formula is C10H8F2O2. The first-order chi connectivity index (χ1) is 6.45. The lowest BCUT2D eigenvalue weighted by Crippen LogP contribution is -2.04. The van der Waals surface area contributed by atoms with Crippen LogP contribution in [0.15, 0.2) is 18.7 Å². The maximum atomic E-state index is 13.3. The molecule has 0 saturated carbocycles. The van der Waals surface area contributed by atoms with Crippen LogP contribution in [0.1, 0.15) is 11.1 Å². The number of carbonyl (C=O) groups is 1. The molecule has 0 saturated heterocycles. The van der Waals surface area contributed by atoms with Crippen molar-refractivity contribution in [1.29, 1.82) is 0 Å². The highest BCUT2D eigenvalue weighted by atomic mass is 19.1. The van der Waals surface area contributed by atoms with Crippen molar-refractivity contribution >= 4 is 11.5 Å². The zero-order chi connectivity index (χ0) is 10.9. The standard InChI is InChI=1S/C10H8F2O2/c1-5-3-4-7(11)8(9(5)12)6(2)10(13)14/h3-4H,2H2,1H3,(H,13,14). The lowest BCUT2D eigenvalue weighted by atomic mass is 10.0. The SMILES string of the molecule is C=C(C(=O)O)c1c(F)ccc(C)c1F. The van der Waals surface area contributed by atoms with E-state index in [2.05, 4.69) is 6.58 Å². The second-order valence-corrected chi connectivity index (χ2v) is 2.84. The van der Waals surface area contributed by atoms with Gasteiger partial charge in [0.1, 0.15) is 11.6 Å². The van der Waals surface area contributed by atoms with Gasteiger partial charge >= 0.3 is 5.97 Å². The van der Waals surface area contributed by atoms with Crippen molar-refractivity contribution in [3.05, 3.63) is 41.5 Å². The second-order valence-electron chi connectivity index (χ2n) is 2.84. The van der Waals surface area contributed by atoms with Crippen LogP contribution >= 0.6 is 0 Å². The van der Waals surface area contributed by atoms with Crippen LogP contribution in [0.2, 0.25) is 0 Å². The van der Waals surface area contributed by atoms with E-state index in [-0.39, 0.29) is 5.56 Å². The molecule has 0 radical (unpaired) electrons. The maximum absolute atomic E-state index is 13.3. The van der Waals surface area contributed by atoms with Crippen LogP contribution in [0.4, 0.5) is 8.78 Å². The Morgan fingerprint density at radius 2 is 2.00 bits per heavy atom. The Bertz CT molecular complexity index is 411. The fourth-order valence-corrected chi connectivity index (χ4v) is 1.04. The van der Waals surface area contributed by atoms with E-state index in [0.29, 0.717) is 0 Å². The smallest absolute Gasteiger partial charge is 0.335 e. The Labute approximate surface area is 79.5 Å². The van der Waals surface area contributed by atoms with Gasteiger partial charge in [-0.1, -0.05) is 12.6 Å². The molecule has 1 rings (SSSR count). The predicted octanol–water partition coefficient (Wildman–Crippen LogP) is 2.37. The number of aliphatic carboxylic acids is 1. The summed E-state index contributed by atoms with van der Waals surface area (Å²) in [6.45, 7) is 4.53. The normalized spacial score (nSPS) is 9.93. The number of carboxylic acids is 1. The number of hydrogen-bond donors (Lipinski definition) is 1. The van der Waals surface area contributed by atoms with Crippen molar-refractivity contribution in [2.45, 2.75) is 6.92 Å². The van der Waals surface area contributed by atoms with Gasteiger partial charge in [0.05, 0.1) is 11.1 Å². The lowest BCUT2D eigenvalue weighted by molar-refractivity contribution is -0.130. The Balaban J connectivity index is 3.40. The Morgan fingerprint density at radius 3 is 2.50 bits per heavy atom. The molecule has 4 heteroatoms. The molecular weight excluding hydrogens is 190 g/mol. The third-order valence-corrected chi connectivity index (χ3v) is 1.84. The first-order valence-corrected chi connectivity index (χ1v) is 3.82. The number of rotatable bonds is 2. The van der Waals surface area contributed by atoms with Gasteiger partial charge in [0.15, 0.2) is 0 Å². The molecule has 0 unspecified atom stereocenters. The number of carboxylic acid groups (broad SMARTS) is 1. The molecule has 0 aliphatic carbocycles. The molecule has 0 fully saturated rings. The topological polar surface area (TPSA) is 37.3 Å². The van der Waals surface area contributed by atoms with Gasteiger partial charge in [-0.25, -0.2) is 13.6 Å². The quantitative estimate of drug-likeness (QED) is 0.740. The zero-order valence-corrected chi connectivity index (χ0v) is 7.47. The van der Waals surface area contributed by atoms with E-state index in [0.717, 1.165) is 6.07 Å². The molecule has 1 aromatic carbocycles. The van der Waals surface area contributed by atoms with E-state index in [1.165, 1.54) is 13.0 Å². The van der Waals surface area contributed by atoms with E-state index in [1.807, 2.05) is 0 Å². The summed E-state index contributed by atoms with van der Waals surface area (Å²) in [5.41, 5.74) is -0.968. The minimum absolute atomic E-state index is 0.184. The molecule has 0 aromatic heterocycles. The Kier molecular flexibility index (Phi) is 2.65. The fraction of sp³-hybridized carbons (Fsp3) is 0.100. The highest BCUT2D eigenvalue weighted by molar-refractivity contribution is 6.14. The van der Waals surface area contributed by atoms with Crippen LogP contribution in [-0.2, 0) is 4.79 Å². The molecule has 0 spiro atoms. The number of hydrogen-bond acceptors (Lipinski definition) is 1. The van der Waals surface area contributed by atoms with Crippen molar-refractivity contribution in [1.82, 2.24) is 0 Å². The van der Waals surface area contributed by atoms with Crippen molar-refractivity contribution in [3.63, 3.8) is 0 Å². The van der Waals surface area contributed by atoms with Crippen molar-refractivity contribution in [3.8, 4) is 0 Å². The summed E-state index contributed by atoms with van der Waals surface area (Å²) in [7, 11) is 0. The average Bonchev–Trinajstić information content (AvgIpc) is 2.12. The molecule has 0 heterocycles. The maximum Gasteiger partial charge on any atom is 0.335 e. The molecule has 14 heavy (non-hydrogen) atoms. The first kappa shape index (κ1) is 10.4. The van der Waals surface area contributed by atoms with Crippen molar-refractivity contribution in [2.75, 3.05) is 0 Å². The van der Waals surface area contributed by atoms with Crippen LogP contribution in [0.25, 0.3) is 5.57 Å². The van der Waals surface area contributed by atoms with Crippen LogP contribution in [0, 0.1) is 18.6 Å². The molecule has 0 aliphatic rings. The van der Waals surface area contributed by atoms with Crippen LogP contribution in [-0.4, -0.2) is 11.1 Å². The second kappa shape index (κ2) is 3.57. The molecule has 0 bridgehead atoms. The Morgan fingerprint density at radius 1 is 1.43 bits per heavy atom. The fourth-order valence-electron chi connectivity index (χ4n) is 1.04. The summed E-state index contributed by atoms with van der Waals surface area (Å²) in [6.07, 6.45) is 0. The first-order valence-electron chi connectivity index (χ1n) is 3.82. The zero-order valence-electron chi connectivity index (χ0n) is 7.47. The van der Waals surface area contributed by atoms with Gasteiger partial charge in [0, 0.05) is 0 Å². The molecule has 1 aromatic rings. The monoisotopic (exact) mass is 198 g/mol. The number of benzene rings is 1. The summed E-state index contributed by atoms with van der Waals surface area (Å²) in [5, 5.41) is 8.54. The Hall–Kier alpha value is -1.71.